The highest BCUT2D eigenvalue weighted by Crippen LogP contribution is 2.12. The van der Waals surface area contributed by atoms with Gasteiger partial charge in [0, 0.05) is 6.42 Å². The molecule has 0 aromatic heterocycles. The van der Waals surface area contributed by atoms with Crippen LogP contribution in [0.3, 0.4) is 0 Å². The fraction of sp³-hybridized carbons (Fsp3) is 0.524. The molecule has 0 radical (unpaired) electrons. The lowest BCUT2D eigenvalue weighted by Crippen LogP contribution is -2.58. The predicted molar refractivity (Wildman–Crippen MR) is 120 cm³/mol. The van der Waals surface area contributed by atoms with Gasteiger partial charge in [-0.3, -0.25) is 14.4 Å². The van der Waals surface area contributed by atoms with Crippen molar-refractivity contribution in [2.24, 2.45) is 11.5 Å². The number of aliphatic hydroxyl groups excluding tert-OH is 2. The number of phenols is 1. The van der Waals surface area contributed by atoms with E-state index in [4.69, 9.17) is 16.6 Å². The number of carbonyl (C=O) groups excluding carboxylic acids is 3. The van der Waals surface area contributed by atoms with Crippen molar-refractivity contribution >= 4 is 23.7 Å². The number of hydrogen-bond donors (Lipinski definition) is 9. The van der Waals surface area contributed by atoms with E-state index in [1.54, 1.807) is 0 Å². The summed E-state index contributed by atoms with van der Waals surface area (Å²) in [7, 11) is 0. The van der Waals surface area contributed by atoms with Crippen LogP contribution < -0.4 is 27.4 Å². The van der Waals surface area contributed by atoms with Crippen molar-refractivity contribution in [2.75, 3.05) is 19.8 Å². The number of aliphatic hydroxyl groups is 2. The number of aliphatic carboxylic acids is 1. The molecule has 0 fully saturated rings. The molecule has 1 aromatic rings. The zero-order valence-electron chi connectivity index (χ0n) is 18.6. The Morgan fingerprint density at radius 2 is 1.35 bits per heavy atom. The van der Waals surface area contributed by atoms with Gasteiger partial charge in [0.05, 0.1) is 19.3 Å². The predicted octanol–water partition coefficient (Wildman–Crippen LogP) is -3.09. The van der Waals surface area contributed by atoms with Gasteiger partial charge in [0.2, 0.25) is 17.7 Å². The second-order valence-electron chi connectivity index (χ2n) is 7.65. The third-order valence-electron chi connectivity index (χ3n) is 4.93. The van der Waals surface area contributed by atoms with Crippen molar-refractivity contribution in [1.82, 2.24) is 16.0 Å². The third-order valence-corrected chi connectivity index (χ3v) is 4.93. The van der Waals surface area contributed by atoms with E-state index in [2.05, 4.69) is 16.0 Å². The summed E-state index contributed by atoms with van der Waals surface area (Å²) in [5.74, 6) is -3.98. The van der Waals surface area contributed by atoms with E-state index in [0.29, 0.717) is 31.4 Å². The summed E-state index contributed by atoms with van der Waals surface area (Å²) in [5, 5.41) is 44.1. The summed E-state index contributed by atoms with van der Waals surface area (Å²) in [4.78, 5) is 48.8. The minimum atomic E-state index is -1.61. The van der Waals surface area contributed by atoms with Crippen molar-refractivity contribution in [3.05, 3.63) is 29.8 Å². The fourth-order valence-electron chi connectivity index (χ4n) is 2.92. The van der Waals surface area contributed by atoms with Gasteiger partial charge in [-0.25, -0.2) is 4.79 Å². The first-order chi connectivity index (χ1) is 16.1. The fourth-order valence-corrected chi connectivity index (χ4v) is 2.92. The highest BCUT2D eigenvalue weighted by Gasteiger charge is 2.30. The van der Waals surface area contributed by atoms with Crippen LogP contribution in [-0.4, -0.2) is 88.0 Å². The molecule has 0 heterocycles. The Morgan fingerprint density at radius 3 is 1.88 bits per heavy atom. The van der Waals surface area contributed by atoms with Gasteiger partial charge < -0.3 is 47.8 Å². The first-order valence-corrected chi connectivity index (χ1v) is 10.7. The summed E-state index contributed by atoms with van der Waals surface area (Å²) in [5.41, 5.74) is 11.7. The Hall–Kier alpha value is -3.26. The number of benzene rings is 1. The summed E-state index contributed by atoms with van der Waals surface area (Å²) >= 11 is 0. The van der Waals surface area contributed by atoms with Gasteiger partial charge in [0.1, 0.15) is 23.9 Å². The van der Waals surface area contributed by atoms with E-state index in [1.165, 1.54) is 24.3 Å². The van der Waals surface area contributed by atoms with Crippen molar-refractivity contribution in [1.29, 1.82) is 0 Å². The summed E-state index contributed by atoms with van der Waals surface area (Å²) in [6.07, 6.45) is 1.49. The molecular formula is C21H33N5O8. The molecule has 0 saturated heterocycles. The molecule has 0 aliphatic rings. The van der Waals surface area contributed by atoms with Crippen molar-refractivity contribution < 1.29 is 39.6 Å². The molecule has 1 aromatic carbocycles. The number of phenolic OH excluding ortho intramolecular Hbond substituents is 1. The Labute approximate surface area is 196 Å². The normalized spacial score (nSPS) is 14.4. The van der Waals surface area contributed by atoms with Gasteiger partial charge in [0.15, 0.2) is 0 Å². The SMILES string of the molecule is NCCCCC(N)C(=O)NC(CO)C(=O)NC(Cc1ccc(O)cc1)C(=O)NC(CO)C(=O)O. The van der Waals surface area contributed by atoms with Crippen LogP contribution in [0.1, 0.15) is 24.8 Å². The van der Waals surface area contributed by atoms with Gasteiger partial charge in [-0.1, -0.05) is 18.6 Å². The molecule has 13 heteroatoms. The summed E-state index contributed by atoms with van der Waals surface area (Å²) in [6.45, 7) is -1.22. The molecule has 190 valence electrons. The number of nitrogens with one attached hydrogen (secondary N) is 3. The van der Waals surface area contributed by atoms with Crippen LogP contribution in [0.2, 0.25) is 0 Å². The molecular weight excluding hydrogens is 450 g/mol. The Balaban J connectivity index is 2.94. The molecule has 0 aliphatic carbocycles. The van der Waals surface area contributed by atoms with Crippen LogP contribution in [0.15, 0.2) is 24.3 Å². The Bertz CT molecular complexity index is 820. The lowest BCUT2D eigenvalue weighted by Gasteiger charge is -2.24. The highest BCUT2D eigenvalue weighted by atomic mass is 16.4. The number of unbranched alkanes of at least 4 members (excludes halogenated alkanes) is 1. The maximum atomic E-state index is 12.7. The number of rotatable bonds is 15. The molecule has 13 nitrogen and oxygen atoms in total. The largest absolute Gasteiger partial charge is 0.508 e. The summed E-state index contributed by atoms with van der Waals surface area (Å²) < 4.78 is 0. The third kappa shape index (κ3) is 9.70. The quantitative estimate of drug-likeness (QED) is 0.114. The van der Waals surface area contributed by atoms with E-state index in [0.717, 1.165) is 0 Å². The molecule has 3 amide bonds. The van der Waals surface area contributed by atoms with Crippen LogP contribution in [0, 0.1) is 0 Å². The van der Waals surface area contributed by atoms with Gasteiger partial charge in [-0.15, -0.1) is 0 Å². The number of aromatic hydroxyl groups is 1. The second kappa shape index (κ2) is 14.8. The average Bonchev–Trinajstić information content (AvgIpc) is 2.81. The molecule has 34 heavy (non-hydrogen) atoms. The number of hydrogen-bond acceptors (Lipinski definition) is 9. The van der Waals surface area contributed by atoms with Gasteiger partial charge in [-0.2, -0.15) is 0 Å². The maximum Gasteiger partial charge on any atom is 0.328 e. The van der Waals surface area contributed by atoms with Crippen LogP contribution in [0.4, 0.5) is 0 Å². The minimum Gasteiger partial charge on any atom is -0.508 e. The highest BCUT2D eigenvalue weighted by molar-refractivity contribution is 5.94. The number of nitrogens with two attached hydrogens (primary N) is 2. The van der Waals surface area contributed by atoms with E-state index >= 15 is 0 Å². The van der Waals surface area contributed by atoms with E-state index < -0.39 is 61.1 Å². The first kappa shape index (κ1) is 28.8. The van der Waals surface area contributed by atoms with Crippen molar-refractivity contribution in [3.63, 3.8) is 0 Å². The Morgan fingerprint density at radius 1 is 0.824 bits per heavy atom. The van der Waals surface area contributed by atoms with Crippen molar-refractivity contribution in [2.45, 2.75) is 49.9 Å². The van der Waals surface area contributed by atoms with Gasteiger partial charge in [0.25, 0.3) is 0 Å². The zero-order chi connectivity index (χ0) is 25.7. The second-order valence-corrected chi connectivity index (χ2v) is 7.65. The maximum absolute atomic E-state index is 12.7. The number of amides is 3. The van der Waals surface area contributed by atoms with Gasteiger partial charge in [-0.05, 0) is 37.1 Å². The van der Waals surface area contributed by atoms with Crippen LogP contribution in [-0.2, 0) is 25.6 Å². The molecule has 0 aliphatic heterocycles. The molecule has 0 bridgehead atoms. The Kier molecular flexibility index (Phi) is 12.5. The smallest absolute Gasteiger partial charge is 0.328 e. The van der Waals surface area contributed by atoms with Crippen LogP contribution in [0.5, 0.6) is 5.75 Å². The standard InChI is InChI=1S/C21H33N5O8/c22-8-2-1-3-14(23)18(30)25-16(10-27)20(32)24-15(9-12-4-6-13(29)7-5-12)19(31)26-17(11-28)21(33)34/h4-7,14-17,27-29H,1-3,8-11,22-23H2,(H,24,32)(H,25,30)(H,26,31)(H,33,34). The lowest BCUT2D eigenvalue weighted by molar-refractivity contribution is -0.143. The van der Waals surface area contributed by atoms with Crippen molar-refractivity contribution in [3.8, 4) is 5.75 Å². The van der Waals surface area contributed by atoms with E-state index in [9.17, 15) is 34.5 Å². The monoisotopic (exact) mass is 483 g/mol. The zero-order valence-corrected chi connectivity index (χ0v) is 18.6. The molecule has 4 unspecified atom stereocenters. The summed E-state index contributed by atoms with van der Waals surface area (Å²) in [6, 6.07) is 0.441. The minimum absolute atomic E-state index is 0.0223. The lowest BCUT2D eigenvalue weighted by atomic mass is 10.0. The average molecular weight is 484 g/mol. The first-order valence-electron chi connectivity index (χ1n) is 10.7. The van der Waals surface area contributed by atoms with E-state index in [1.807, 2.05) is 0 Å². The van der Waals surface area contributed by atoms with Crippen LogP contribution in [0.25, 0.3) is 0 Å². The van der Waals surface area contributed by atoms with E-state index in [-0.39, 0.29) is 12.2 Å². The molecule has 11 N–H and O–H groups in total. The van der Waals surface area contributed by atoms with Gasteiger partial charge >= 0.3 is 5.97 Å². The molecule has 4 atom stereocenters. The number of carbonyl (C=O) groups is 4. The van der Waals surface area contributed by atoms with Crippen LogP contribution >= 0.6 is 0 Å². The molecule has 0 spiro atoms. The molecule has 1 rings (SSSR count). The number of carboxylic acids is 1. The number of carboxylic acid groups (broad SMARTS) is 1. The topological polar surface area (TPSA) is 237 Å². The molecule has 0 saturated carbocycles.